The molecule has 0 bridgehead atoms. The number of rotatable bonds is 20. The van der Waals surface area contributed by atoms with Gasteiger partial charge in [-0.1, -0.05) is 58.0 Å². The van der Waals surface area contributed by atoms with Gasteiger partial charge in [-0.15, -0.1) is 0 Å². The van der Waals surface area contributed by atoms with E-state index < -0.39 is 156 Å². The first-order valence-corrected chi connectivity index (χ1v) is 20.2. The van der Waals surface area contributed by atoms with Gasteiger partial charge in [0.15, 0.2) is 5.41 Å². The minimum Gasteiger partial charge on any atom is -0.382 e. The summed E-state index contributed by atoms with van der Waals surface area (Å²) < 4.78 is 357. The van der Waals surface area contributed by atoms with Gasteiger partial charge in [0.2, 0.25) is 0 Å². The third-order valence-electron chi connectivity index (χ3n) is 11.2. The maximum Gasteiger partial charge on any atom is 0.430 e. The summed E-state index contributed by atoms with van der Waals surface area (Å²) in [7, 11) is 2.28. The Morgan fingerprint density at radius 1 is 0.403 bits per heavy atom. The van der Waals surface area contributed by atoms with Gasteiger partial charge >= 0.3 is 49.4 Å². The normalized spacial score (nSPS) is 15.3. The van der Waals surface area contributed by atoms with Gasteiger partial charge in [0.1, 0.15) is 13.6 Å². The largest absolute Gasteiger partial charge is 0.430 e. The zero-order valence-electron chi connectivity index (χ0n) is 38.2. The Morgan fingerprint density at radius 3 is 0.931 bits per heavy atom. The van der Waals surface area contributed by atoms with Gasteiger partial charge in [-0.3, -0.25) is 0 Å². The number of aliphatic hydroxyl groups is 1. The van der Waals surface area contributed by atoms with E-state index in [0.29, 0.717) is 6.07 Å². The lowest BCUT2D eigenvalue weighted by Crippen LogP contribution is -2.57. The highest BCUT2D eigenvalue weighted by molar-refractivity contribution is 5.43. The average molecular weight is 1110 g/mol. The van der Waals surface area contributed by atoms with Crippen molar-refractivity contribution in [2.75, 3.05) is 54.2 Å². The molecular weight excluding hydrogens is 1060 g/mol. The van der Waals surface area contributed by atoms with Crippen molar-refractivity contribution in [2.45, 2.75) is 131 Å². The van der Waals surface area contributed by atoms with E-state index in [1.54, 1.807) is 0 Å². The fourth-order valence-corrected chi connectivity index (χ4v) is 6.36. The molecule has 0 amide bonds. The molecule has 420 valence electrons. The number of hydrogen-bond acceptors (Lipinski definition) is 7. The summed E-state index contributed by atoms with van der Waals surface area (Å²) in [5, 5.41) is 9.71. The molecule has 31 heteroatoms. The minimum atomic E-state index is -6.57. The van der Waals surface area contributed by atoms with E-state index in [-0.39, 0.29) is 51.2 Å². The fourth-order valence-electron chi connectivity index (χ4n) is 6.36. The summed E-state index contributed by atoms with van der Waals surface area (Å²) in [6.45, 7) is -0.242. The van der Waals surface area contributed by atoms with E-state index in [2.05, 4.69) is 28.4 Å². The highest BCUT2D eigenvalue weighted by Crippen LogP contribution is 2.59. The standard InChI is InChI=1S/C21H24F12O3.C20H22F12O4/c1-5-12(2)13-8-14(16(3,18(22,23)24)19(25,26)27)10-15(9-13)17(20(28,29)30,21(31,32)33)36-11-35-7-6-34-4;1-4-11(2)12-7-13(15(33,17(21,22)23)18(24,25)26)9-14(8-12)16(19(27,28)29,20(30,31)32)36-10-35-6-5-34-3/h8-10,12H,5-7,11H2,1-4H3;7-9,11,33H,4-6,10H2,1-3H3. The first-order chi connectivity index (χ1) is 32.2. The first kappa shape index (κ1) is 66.5. The van der Waals surface area contributed by atoms with Crippen molar-refractivity contribution < 1.29 is 139 Å². The summed E-state index contributed by atoms with van der Waals surface area (Å²) in [6, 6.07) is -0.315. The van der Waals surface area contributed by atoms with Crippen LogP contribution in [0.4, 0.5) is 105 Å². The number of halogens is 24. The molecule has 0 aliphatic rings. The predicted molar refractivity (Wildman–Crippen MR) is 201 cm³/mol. The van der Waals surface area contributed by atoms with Crippen molar-refractivity contribution in [1.82, 2.24) is 0 Å². The zero-order valence-corrected chi connectivity index (χ0v) is 38.2. The molecule has 72 heavy (non-hydrogen) atoms. The van der Waals surface area contributed by atoms with Gasteiger partial charge in [-0.05, 0) is 54.4 Å². The monoisotopic (exact) mass is 1110 g/mol. The van der Waals surface area contributed by atoms with Crippen LogP contribution in [-0.2, 0) is 50.6 Å². The van der Waals surface area contributed by atoms with Crippen LogP contribution in [0.5, 0.6) is 0 Å². The molecule has 2 rings (SSSR count). The van der Waals surface area contributed by atoms with Crippen LogP contribution in [0.15, 0.2) is 36.4 Å². The van der Waals surface area contributed by atoms with Crippen LogP contribution < -0.4 is 0 Å². The zero-order chi connectivity index (χ0) is 56.8. The smallest absolute Gasteiger partial charge is 0.382 e. The average Bonchev–Trinajstić information content (AvgIpc) is 3.21. The molecule has 2 atom stereocenters. The number of alkyl halides is 24. The molecule has 0 aromatic heterocycles. The SMILES string of the molecule is CCC(C)c1cc(C(C)(C(F)(F)F)C(F)(F)F)cc(C(OCOCCOC)(C(F)(F)F)C(F)(F)F)c1.CCC(C)c1cc(C(O)(C(F)(F)F)C(F)(F)F)cc(C(OCOCCOC)(C(F)(F)F)C(F)(F)F)c1. The molecule has 0 heterocycles. The lowest BCUT2D eigenvalue weighted by Gasteiger charge is -2.39. The van der Waals surface area contributed by atoms with E-state index in [9.17, 15) is 110 Å². The summed E-state index contributed by atoms with van der Waals surface area (Å²) in [6.07, 6.45) is -51.2. The molecule has 0 fully saturated rings. The Kier molecular flexibility index (Phi) is 21.8. The molecule has 0 saturated heterocycles. The first-order valence-electron chi connectivity index (χ1n) is 20.2. The van der Waals surface area contributed by atoms with Crippen molar-refractivity contribution in [3.63, 3.8) is 0 Å². The van der Waals surface area contributed by atoms with Crippen LogP contribution in [0.3, 0.4) is 0 Å². The molecule has 7 nitrogen and oxygen atoms in total. The third-order valence-corrected chi connectivity index (χ3v) is 11.2. The lowest BCUT2D eigenvalue weighted by molar-refractivity contribution is -0.402. The number of benzene rings is 2. The fraction of sp³-hybridized carbons (Fsp3) is 0.707. The Hall–Kier alpha value is -3.52. The number of hydrogen-bond donors (Lipinski definition) is 1. The van der Waals surface area contributed by atoms with E-state index >= 15 is 0 Å². The van der Waals surface area contributed by atoms with Crippen molar-refractivity contribution in [3.8, 4) is 0 Å². The topological polar surface area (TPSA) is 75.6 Å². The molecule has 0 radical (unpaired) electrons. The minimum absolute atomic E-state index is 0.0241. The van der Waals surface area contributed by atoms with Gasteiger partial charge in [-0.2, -0.15) is 105 Å². The van der Waals surface area contributed by atoms with Crippen LogP contribution in [0.25, 0.3) is 0 Å². The van der Waals surface area contributed by atoms with Crippen LogP contribution in [-0.4, -0.2) is 109 Å². The molecule has 0 spiro atoms. The van der Waals surface area contributed by atoms with Gasteiger partial charge in [0.25, 0.3) is 16.8 Å². The Balaban J connectivity index is 0.000000720. The van der Waals surface area contributed by atoms with E-state index in [0.717, 1.165) is 21.1 Å². The van der Waals surface area contributed by atoms with Crippen LogP contribution >= 0.6 is 0 Å². The van der Waals surface area contributed by atoms with E-state index in [4.69, 9.17) is 0 Å². The molecular formula is C41H46F24O7. The summed E-state index contributed by atoms with van der Waals surface area (Å²) in [5.74, 6) is -2.13. The van der Waals surface area contributed by atoms with Crippen LogP contribution in [0, 0.1) is 0 Å². The van der Waals surface area contributed by atoms with Gasteiger partial charge < -0.3 is 33.5 Å². The van der Waals surface area contributed by atoms with Crippen molar-refractivity contribution >= 4 is 0 Å². The molecule has 0 aliphatic heterocycles. The van der Waals surface area contributed by atoms with Crippen LogP contribution in [0.1, 0.15) is 92.7 Å². The second kappa shape index (κ2) is 23.6. The highest BCUT2D eigenvalue weighted by atomic mass is 19.4. The summed E-state index contributed by atoms with van der Waals surface area (Å²) in [4.78, 5) is 0. The molecule has 2 unspecified atom stereocenters. The van der Waals surface area contributed by atoms with E-state index in [1.165, 1.54) is 20.8 Å². The van der Waals surface area contributed by atoms with Gasteiger partial charge in [0.05, 0.1) is 26.4 Å². The second-order valence-corrected chi connectivity index (χ2v) is 15.8. The molecule has 2 aromatic rings. The Bertz CT molecular complexity index is 1800. The third kappa shape index (κ3) is 13.7. The number of methoxy groups -OCH3 is 2. The Morgan fingerprint density at radius 2 is 0.681 bits per heavy atom. The summed E-state index contributed by atoms with van der Waals surface area (Å²) in [5.41, 5.74) is -31.0. The van der Waals surface area contributed by atoms with Gasteiger partial charge in [-0.25, -0.2) is 0 Å². The lowest BCUT2D eigenvalue weighted by atomic mass is 9.76. The molecule has 0 saturated carbocycles. The van der Waals surface area contributed by atoms with Crippen molar-refractivity contribution in [2.24, 2.45) is 0 Å². The van der Waals surface area contributed by atoms with E-state index in [1.807, 2.05) is 0 Å². The van der Waals surface area contributed by atoms with Crippen LogP contribution in [0.2, 0.25) is 0 Å². The molecule has 1 N–H and O–H groups in total. The van der Waals surface area contributed by atoms with Gasteiger partial charge in [0, 0.05) is 30.9 Å². The molecule has 0 aliphatic carbocycles. The maximum absolute atomic E-state index is 14.1. The molecule has 2 aromatic carbocycles. The van der Waals surface area contributed by atoms with Crippen molar-refractivity contribution in [1.29, 1.82) is 0 Å². The second-order valence-electron chi connectivity index (χ2n) is 15.8. The maximum atomic E-state index is 14.1. The predicted octanol–water partition coefficient (Wildman–Crippen LogP) is 14.0. The quantitative estimate of drug-likeness (QED) is 0.0804. The van der Waals surface area contributed by atoms with Crippen molar-refractivity contribution in [3.05, 3.63) is 69.8 Å². The number of ether oxygens (including phenoxy) is 6. The highest BCUT2D eigenvalue weighted by Gasteiger charge is 2.77. The Labute approximate surface area is 394 Å². The summed E-state index contributed by atoms with van der Waals surface area (Å²) >= 11 is 0.